The third-order valence-corrected chi connectivity index (χ3v) is 8.40. The van der Waals surface area contributed by atoms with Crippen LogP contribution in [0.5, 0.6) is 5.75 Å². The summed E-state index contributed by atoms with van der Waals surface area (Å²) in [5, 5.41) is 0.584. The van der Waals surface area contributed by atoms with Crippen LogP contribution in [0, 0.1) is 6.92 Å². The third kappa shape index (κ3) is 4.36. The number of aryl methyl sites for hydroxylation is 1. The minimum absolute atomic E-state index is 0.0351. The number of ether oxygens (including phenoxy) is 1. The number of carbonyl (C=O) groups excluding carboxylic acids is 1. The number of fused-ring (bicyclic) bond motifs is 1. The number of benzene rings is 3. The number of rotatable bonds is 7. The van der Waals surface area contributed by atoms with Gasteiger partial charge < -0.3 is 4.74 Å². The zero-order valence-electron chi connectivity index (χ0n) is 19.3. The molecule has 0 fully saturated rings. The predicted octanol–water partition coefficient (Wildman–Crippen LogP) is 5.11. The number of carbonyl (C=O) groups is 1. The van der Waals surface area contributed by atoms with Gasteiger partial charge >= 0.3 is 0 Å². The van der Waals surface area contributed by atoms with Crippen LogP contribution in [0.15, 0.2) is 71.6 Å². The van der Waals surface area contributed by atoms with E-state index in [1.807, 2.05) is 32.0 Å². The van der Waals surface area contributed by atoms with E-state index in [1.54, 1.807) is 48.4 Å². The molecular weight excluding hydrogens is 470 g/mol. The Balaban J connectivity index is 1.65. The van der Waals surface area contributed by atoms with Gasteiger partial charge in [-0.3, -0.25) is 14.0 Å². The molecule has 1 aromatic heterocycles. The van der Waals surface area contributed by atoms with Crippen molar-refractivity contribution in [1.29, 1.82) is 0 Å². The van der Waals surface area contributed by atoms with Crippen molar-refractivity contribution < 1.29 is 17.9 Å². The summed E-state index contributed by atoms with van der Waals surface area (Å²) in [6.45, 7) is 4.26. The van der Waals surface area contributed by atoms with Crippen molar-refractivity contribution in [2.45, 2.75) is 18.7 Å². The van der Waals surface area contributed by atoms with Crippen molar-refractivity contribution in [1.82, 2.24) is 4.98 Å². The topological polar surface area (TPSA) is 79.8 Å². The van der Waals surface area contributed by atoms with Crippen molar-refractivity contribution in [3.8, 4) is 5.75 Å². The second-order valence-electron chi connectivity index (χ2n) is 7.67. The summed E-state index contributed by atoms with van der Waals surface area (Å²) in [5.41, 5.74) is 2.67. The van der Waals surface area contributed by atoms with Gasteiger partial charge in [0.15, 0.2) is 5.13 Å². The standard InChI is InChI=1S/C25H25N3O4S2/c1-5-28(25-26-23-17(2)8-6-11-22(23)33-25)24(29)18-9-7-10-21(16-18)34(30,31)27(3)19-12-14-20(32-4)15-13-19/h6-16H,5H2,1-4H3. The predicted molar refractivity (Wildman–Crippen MR) is 137 cm³/mol. The van der Waals surface area contributed by atoms with Gasteiger partial charge in [-0.25, -0.2) is 13.4 Å². The Labute approximate surface area is 203 Å². The number of hydrogen-bond donors (Lipinski definition) is 0. The molecule has 0 aliphatic carbocycles. The average molecular weight is 496 g/mol. The number of amides is 1. The molecule has 3 aromatic carbocycles. The van der Waals surface area contributed by atoms with Crippen LogP contribution in [0.25, 0.3) is 10.2 Å². The van der Waals surface area contributed by atoms with Gasteiger partial charge in [-0.15, -0.1) is 0 Å². The van der Waals surface area contributed by atoms with Crippen LogP contribution >= 0.6 is 11.3 Å². The molecule has 0 aliphatic rings. The Morgan fingerprint density at radius 2 is 1.76 bits per heavy atom. The maximum atomic E-state index is 13.4. The summed E-state index contributed by atoms with van der Waals surface area (Å²) >= 11 is 1.44. The Bertz CT molecular complexity index is 1450. The summed E-state index contributed by atoms with van der Waals surface area (Å²) in [6.07, 6.45) is 0. The van der Waals surface area contributed by atoms with E-state index in [-0.39, 0.29) is 16.4 Å². The van der Waals surface area contributed by atoms with Crippen LogP contribution in [0.3, 0.4) is 0 Å². The first-order valence-corrected chi connectivity index (χ1v) is 12.9. The zero-order valence-corrected chi connectivity index (χ0v) is 21.0. The van der Waals surface area contributed by atoms with Gasteiger partial charge in [0.2, 0.25) is 0 Å². The molecule has 0 unspecified atom stereocenters. The highest BCUT2D eigenvalue weighted by molar-refractivity contribution is 7.92. The molecule has 0 atom stereocenters. The van der Waals surface area contributed by atoms with Crippen LogP contribution in [0.4, 0.5) is 10.8 Å². The molecule has 0 saturated heterocycles. The lowest BCUT2D eigenvalue weighted by Gasteiger charge is -2.21. The molecule has 0 aliphatic heterocycles. The Kier molecular flexibility index (Phi) is 6.58. The molecule has 176 valence electrons. The van der Waals surface area contributed by atoms with E-state index in [0.717, 1.165) is 15.8 Å². The second kappa shape index (κ2) is 9.44. The number of methoxy groups -OCH3 is 1. The van der Waals surface area contributed by atoms with Crippen LogP contribution in [0.2, 0.25) is 0 Å². The summed E-state index contributed by atoms with van der Waals surface area (Å²) in [7, 11) is -0.854. The average Bonchev–Trinajstić information content (AvgIpc) is 3.29. The summed E-state index contributed by atoms with van der Waals surface area (Å²) in [6, 6.07) is 18.8. The number of sulfonamides is 1. The van der Waals surface area contributed by atoms with Crippen LogP contribution in [-0.4, -0.2) is 40.0 Å². The number of thiazole rings is 1. The van der Waals surface area contributed by atoms with Gasteiger partial charge in [0.25, 0.3) is 15.9 Å². The quantitative estimate of drug-likeness (QED) is 0.356. The summed E-state index contributed by atoms with van der Waals surface area (Å²) in [4.78, 5) is 19.7. The smallest absolute Gasteiger partial charge is 0.264 e. The Hall–Kier alpha value is -3.43. The van der Waals surface area contributed by atoms with Crippen LogP contribution in [-0.2, 0) is 10.0 Å². The fraction of sp³-hybridized carbons (Fsp3) is 0.200. The first-order chi connectivity index (χ1) is 16.3. The largest absolute Gasteiger partial charge is 0.497 e. The maximum Gasteiger partial charge on any atom is 0.264 e. The lowest BCUT2D eigenvalue weighted by atomic mass is 10.2. The molecule has 1 amide bonds. The highest BCUT2D eigenvalue weighted by Gasteiger charge is 2.25. The first kappa shape index (κ1) is 23.7. The van der Waals surface area contributed by atoms with Crippen LogP contribution < -0.4 is 13.9 Å². The molecule has 4 rings (SSSR count). The molecule has 7 nitrogen and oxygen atoms in total. The molecule has 4 aromatic rings. The SMILES string of the molecule is CCN(C(=O)c1cccc(S(=O)(=O)N(C)c2ccc(OC)cc2)c1)c1nc2c(C)cccc2s1. The van der Waals surface area contributed by atoms with E-state index in [1.165, 1.54) is 34.8 Å². The Morgan fingerprint density at radius 1 is 1.06 bits per heavy atom. The molecule has 34 heavy (non-hydrogen) atoms. The van der Waals surface area contributed by atoms with Crippen molar-refractivity contribution in [2.75, 3.05) is 29.9 Å². The monoisotopic (exact) mass is 495 g/mol. The summed E-state index contributed by atoms with van der Waals surface area (Å²) in [5.74, 6) is 0.329. The van der Waals surface area contributed by atoms with Crippen molar-refractivity contribution in [3.05, 3.63) is 77.9 Å². The second-order valence-corrected chi connectivity index (χ2v) is 10.6. The minimum atomic E-state index is -3.88. The van der Waals surface area contributed by atoms with E-state index in [2.05, 4.69) is 4.98 Å². The number of para-hydroxylation sites is 1. The minimum Gasteiger partial charge on any atom is -0.497 e. The van der Waals surface area contributed by atoms with Gasteiger partial charge in [0.05, 0.1) is 27.9 Å². The van der Waals surface area contributed by atoms with Gasteiger partial charge in [-0.1, -0.05) is 29.5 Å². The van der Waals surface area contributed by atoms with E-state index in [9.17, 15) is 13.2 Å². The number of nitrogens with zero attached hydrogens (tertiary/aromatic N) is 3. The molecule has 0 bridgehead atoms. The van der Waals surface area contributed by atoms with Gasteiger partial charge in [0, 0.05) is 19.2 Å². The van der Waals surface area contributed by atoms with Crippen LogP contribution in [0.1, 0.15) is 22.8 Å². The van der Waals surface area contributed by atoms with Gasteiger partial charge in [-0.05, 0) is 67.9 Å². The lowest BCUT2D eigenvalue weighted by Crippen LogP contribution is -2.31. The molecule has 0 radical (unpaired) electrons. The molecule has 0 spiro atoms. The van der Waals surface area contributed by atoms with E-state index in [4.69, 9.17) is 4.74 Å². The van der Waals surface area contributed by atoms with E-state index >= 15 is 0 Å². The van der Waals surface area contributed by atoms with E-state index in [0.29, 0.717) is 23.1 Å². The van der Waals surface area contributed by atoms with Gasteiger partial charge in [0.1, 0.15) is 5.75 Å². The van der Waals surface area contributed by atoms with E-state index < -0.39 is 10.0 Å². The fourth-order valence-corrected chi connectivity index (χ4v) is 5.94. The highest BCUT2D eigenvalue weighted by Crippen LogP contribution is 2.32. The Morgan fingerprint density at radius 3 is 2.41 bits per heavy atom. The van der Waals surface area contributed by atoms with Crippen molar-refractivity contribution >= 4 is 48.3 Å². The number of hydrogen-bond acceptors (Lipinski definition) is 6. The molecule has 9 heteroatoms. The number of aromatic nitrogens is 1. The molecule has 1 heterocycles. The molecule has 0 saturated carbocycles. The zero-order chi connectivity index (χ0) is 24.5. The highest BCUT2D eigenvalue weighted by atomic mass is 32.2. The van der Waals surface area contributed by atoms with Gasteiger partial charge in [-0.2, -0.15) is 0 Å². The van der Waals surface area contributed by atoms with Crippen molar-refractivity contribution in [3.63, 3.8) is 0 Å². The van der Waals surface area contributed by atoms with Crippen molar-refractivity contribution in [2.24, 2.45) is 0 Å². The lowest BCUT2D eigenvalue weighted by molar-refractivity contribution is 0.0988. The summed E-state index contributed by atoms with van der Waals surface area (Å²) < 4.78 is 33.9. The molecule has 0 N–H and O–H groups in total. The molecular formula is C25H25N3O4S2. The third-order valence-electron chi connectivity index (χ3n) is 5.58. The normalized spacial score (nSPS) is 11.4. The maximum absolute atomic E-state index is 13.4. The number of anilines is 2. The first-order valence-electron chi connectivity index (χ1n) is 10.7. The fourth-order valence-electron chi connectivity index (χ4n) is 3.59.